The Hall–Kier alpha value is -2.67. The number of nitrogens with one attached hydrogen (secondary N) is 2. The van der Waals surface area contributed by atoms with Crippen molar-refractivity contribution in [1.82, 2.24) is 15.2 Å². The van der Waals surface area contributed by atoms with Crippen LogP contribution in [0.4, 0.5) is 0 Å². The lowest BCUT2D eigenvalue weighted by molar-refractivity contribution is 0.0949. The minimum absolute atomic E-state index is 0.0753. The number of likely N-dealkylation sites (N-methyl/N-ethyl adjacent to an activating group) is 1. The molecular weight excluding hydrogens is 390 g/mol. The van der Waals surface area contributed by atoms with Crippen molar-refractivity contribution in [1.29, 1.82) is 0 Å². The molecule has 7 heteroatoms. The molecule has 0 aliphatic rings. The van der Waals surface area contributed by atoms with Crippen LogP contribution < -0.4 is 10.7 Å². The number of halogens is 1. The van der Waals surface area contributed by atoms with Gasteiger partial charge in [-0.05, 0) is 41.9 Å². The standard InChI is InChI=1S/C22H24ClN3O3/c1-2-26(9-10-27)14-16-5-8-20-18(11-16)21(28)19(13-24-20)22(29)25-12-15-3-6-17(23)7-4-15/h3-8,11,13,27H,2,9-10,12,14H2,1H3,(H,24,28)(H,25,29). The van der Waals surface area contributed by atoms with Gasteiger partial charge in [0.1, 0.15) is 5.56 Å². The number of aromatic amines is 1. The lowest BCUT2D eigenvalue weighted by atomic mass is 10.1. The van der Waals surface area contributed by atoms with Crippen LogP contribution in [0.5, 0.6) is 0 Å². The van der Waals surface area contributed by atoms with Gasteiger partial charge in [0.15, 0.2) is 0 Å². The quantitative estimate of drug-likeness (QED) is 0.530. The van der Waals surface area contributed by atoms with Crippen molar-refractivity contribution in [3.8, 4) is 0 Å². The summed E-state index contributed by atoms with van der Waals surface area (Å²) in [6.45, 7) is 4.40. The third-order valence-electron chi connectivity index (χ3n) is 4.83. The fraction of sp³-hybridized carbons (Fsp3) is 0.273. The number of benzene rings is 2. The normalized spacial score (nSPS) is 11.2. The van der Waals surface area contributed by atoms with E-state index in [2.05, 4.69) is 15.2 Å². The Kier molecular flexibility index (Phi) is 7.04. The topological polar surface area (TPSA) is 85.4 Å². The zero-order valence-corrected chi connectivity index (χ0v) is 17.0. The molecule has 0 bridgehead atoms. The van der Waals surface area contributed by atoms with Gasteiger partial charge in [-0.3, -0.25) is 14.5 Å². The molecule has 3 rings (SSSR count). The first kappa shape index (κ1) is 21.0. The highest BCUT2D eigenvalue weighted by Crippen LogP contribution is 2.14. The molecule has 0 atom stereocenters. The van der Waals surface area contributed by atoms with Gasteiger partial charge in [0.25, 0.3) is 5.91 Å². The smallest absolute Gasteiger partial charge is 0.257 e. The molecule has 3 N–H and O–H groups in total. The van der Waals surface area contributed by atoms with Crippen LogP contribution in [0.15, 0.2) is 53.5 Å². The average Bonchev–Trinajstić information content (AvgIpc) is 2.73. The van der Waals surface area contributed by atoms with Gasteiger partial charge < -0.3 is 15.4 Å². The summed E-state index contributed by atoms with van der Waals surface area (Å²) in [5.41, 5.74) is 2.30. The molecule has 0 aliphatic heterocycles. The number of amides is 1. The van der Waals surface area contributed by atoms with Crippen LogP contribution in [-0.4, -0.2) is 40.6 Å². The van der Waals surface area contributed by atoms with Crippen LogP contribution in [0.1, 0.15) is 28.4 Å². The van der Waals surface area contributed by atoms with E-state index < -0.39 is 5.91 Å². The molecule has 0 aliphatic carbocycles. The predicted octanol–water partition coefficient (Wildman–Crippen LogP) is 2.93. The van der Waals surface area contributed by atoms with E-state index in [1.165, 1.54) is 6.20 Å². The number of fused-ring (bicyclic) bond motifs is 1. The largest absolute Gasteiger partial charge is 0.395 e. The number of carbonyl (C=O) groups excluding carboxylic acids is 1. The van der Waals surface area contributed by atoms with Gasteiger partial charge in [-0.1, -0.05) is 36.7 Å². The van der Waals surface area contributed by atoms with Crippen LogP contribution in [0.3, 0.4) is 0 Å². The maximum Gasteiger partial charge on any atom is 0.257 e. The van der Waals surface area contributed by atoms with E-state index in [-0.39, 0.29) is 17.6 Å². The van der Waals surface area contributed by atoms with E-state index in [1.54, 1.807) is 12.1 Å². The second kappa shape index (κ2) is 9.69. The first-order chi connectivity index (χ1) is 14.0. The van der Waals surface area contributed by atoms with Crippen molar-refractivity contribution in [2.75, 3.05) is 19.7 Å². The summed E-state index contributed by atoms with van der Waals surface area (Å²) in [5, 5.41) is 13.0. The first-order valence-corrected chi connectivity index (χ1v) is 9.89. The van der Waals surface area contributed by atoms with Crippen LogP contribution in [0.2, 0.25) is 5.02 Å². The molecule has 3 aromatic rings. The molecular formula is C22H24ClN3O3. The third-order valence-corrected chi connectivity index (χ3v) is 5.08. The predicted molar refractivity (Wildman–Crippen MR) is 115 cm³/mol. The average molecular weight is 414 g/mol. The molecule has 0 radical (unpaired) electrons. The van der Waals surface area contributed by atoms with Crippen molar-refractivity contribution >= 4 is 28.4 Å². The zero-order chi connectivity index (χ0) is 20.8. The number of pyridine rings is 1. The summed E-state index contributed by atoms with van der Waals surface area (Å²) >= 11 is 5.87. The highest BCUT2D eigenvalue weighted by molar-refractivity contribution is 6.30. The minimum Gasteiger partial charge on any atom is -0.395 e. The summed E-state index contributed by atoms with van der Waals surface area (Å²) < 4.78 is 0. The molecule has 0 saturated carbocycles. The van der Waals surface area contributed by atoms with Gasteiger partial charge in [0.2, 0.25) is 5.43 Å². The molecule has 0 spiro atoms. The molecule has 1 heterocycles. The number of aliphatic hydroxyl groups excluding tert-OH is 1. The van der Waals surface area contributed by atoms with Crippen molar-refractivity contribution in [3.63, 3.8) is 0 Å². The molecule has 0 fully saturated rings. The Labute approximate surface area is 174 Å². The Balaban J connectivity index is 1.81. The van der Waals surface area contributed by atoms with E-state index in [0.717, 1.165) is 17.7 Å². The number of rotatable bonds is 8. The molecule has 6 nitrogen and oxygen atoms in total. The molecule has 1 amide bonds. The fourth-order valence-corrected chi connectivity index (χ4v) is 3.29. The van der Waals surface area contributed by atoms with E-state index >= 15 is 0 Å². The number of H-pyrrole nitrogens is 1. The number of aromatic nitrogens is 1. The third kappa shape index (κ3) is 5.23. The summed E-state index contributed by atoms with van der Waals surface area (Å²) in [7, 11) is 0. The Bertz CT molecular complexity index is 1050. The Morgan fingerprint density at radius 2 is 1.90 bits per heavy atom. The van der Waals surface area contributed by atoms with Gasteiger partial charge in [0.05, 0.1) is 6.61 Å². The molecule has 29 heavy (non-hydrogen) atoms. The summed E-state index contributed by atoms with van der Waals surface area (Å²) in [6, 6.07) is 12.8. The number of aliphatic hydroxyl groups is 1. The molecule has 2 aromatic carbocycles. The van der Waals surface area contributed by atoms with E-state index in [1.807, 2.05) is 37.3 Å². The van der Waals surface area contributed by atoms with Crippen molar-refractivity contribution in [3.05, 3.63) is 80.6 Å². The number of carbonyl (C=O) groups is 1. The summed E-state index contributed by atoms with van der Waals surface area (Å²) in [4.78, 5) is 30.6. The van der Waals surface area contributed by atoms with E-state index in [0.29, 0.717) is 35.6 Å². The number of hydrogen-bond acceptors (Lipinski definition) is 4. The Morgan fingerprint density at radius 1 is 1.17 bits per heavy atom. The highest BCUT2D eigenvalue weighted by atomic mass is 35.5. The number of hydrogen-bond donors (Lipinski definition) is 3. The second-order valence-corrected chi connectivity index (χ2v) is 7.25. The summed E-state index contributed by atoms with van der Waals surface area (Å²) in [5.74, 6) is -0.427. The second-order valence-electron chi connectivity index (χ2n) is 6.81. The first-order valence-electron chi connectivity index (χ1n) is 9.52. The highest BCUT2D eigenvalue weighted by Gasteiger charge is 2.14. The fourth-order valence-electron chi connectivity index (χ4n) is 3.16. The van der Waals surface area contributed by atoms with Crippen LogP contribution in [0, 0.1) is 0 Å². The van der Waals surface area contributed by atoms with Crippen LogP contribution >= 0.6 is 11.6 Å². The van der Waals surface area contributed by atoms with Gasteiger partial charge >= 0.3 is 0 Å². The molecule has 0 saturated heterocycles. The zero-order valence-electron chi connectivity index (χ0n) is 16.2. The molecule has 1 aromatic heterocycles. The van der Waals surface area contributed by atoms with Gasteiger partial charge in [-0.2, -0.15) is 0 Å². The van der Waals surface area contributed by atoms with Crippen LogP contribution in [0.25, 0.3) is 10.9 Å². The van der Waals surface area contributed by atoms with E-state index in [9.17, 15) is 9.59 Å². The molecule has 0 unspecified atom stereocenters. The summed E-state index contributed by atoms with van der Waals surface area (Å²) in [6.07, 6.45) is 1.45. The maximum absolute atomic E-state index is 12.9. The van der Waals surface area contributed by atoms with Gasteiger partial charge in [-0.25, -0.2) is 0 Å². The van der Waals surface area contributed by atoms with Gasteiger partial charge in [-0.15, -0.1) is 0 Å². The maximum atomic E-state index is 12.9. The monoisotopic (exact) mass is 413 g/mol. The molecule has 152 valence electrons. The Morgan fingerprint density at radius 3 is 2.59 bits per heavy atom. The van der Waals surface area contributed by atoms with Crippen molar-refractivity contribution in [2.45, 2.75) is 20.0 Å². The van der Waals surface area contributed by atoms with Crippen molar-refractivity contribution < 1.29 is 9.90 Å². The lowest BCUT2D eigenvalue weighted by Crippen LogP contribution is -2.28. The van der Waals surface area contributed by atoms with E-state index in [4.69, 9.17) is 16.7 Å². The SMILES string of the molecule is CCN(CCO)Cc1ccc2[nH]cc(C(=O)NCc3ccc(Cl)cc3)c(=O)c2c1. The lowest BCUT2D eigenvalue weighted by Gasteiger charge is -2.19. The van der Waals surface area contributed by atoms with Crippen LogP contribution in [-0.2, 0) is 13.1 Å². The van der Waals surface area contributed by atoms with Gasteiger partial charge in [0, 0.05) is 41.8 Å². The van der Waals surface area contributed by atoms with Crippen molar-refractivity contribution in [2.24, 2.45) is 0 Å². The minimum atomic E-state index is -0.427. The number of nitrogens with zero attached hydrogens (tertiary/aromatic N) is 1.